The number of hydrogen-bond donors (Lipinski definition) is 1. The minimum atomic E-state index is -0.696. The van der Waals surface area contributed by atoms with Gasteiger partial charge < -0.3 is 9.84 Å². The van der Waals surface area contributed by atoms with E-state index in [-0.39, 0.29) is 30.9 Å². The van der Waals surface area contributed by atoms with Gasteiger partial charge in [-0.1, -0.05) is 12.1 Å². The Kier molecular flexibility index (Phi) is 4.13. The average Bonchev–Trinajstić information content (AvgIpc) is 2.85. The van der Waals surface area contributed by atoms with Crippen LogP contribution in [0.25, 0.3) is 0 Å². The smallest absolute Gasteiger partial charge is 0.338 e. The normalized spacial score (nSPS) is 18.4. The molecular weight excluding hydrogens is 250 g/mol. The van der Waals surface area contributed by atoms with Crippen LogP contribution in [-0.4, -0.2) is 47.9 Å². The van der Waals surface area contributed by atoms with Gasteiger partial charge in [-0.05, 0) is 19.1 Å². The van der Waals surface area contributed by atoms with Gasteiger partial charge in [0.1, 0.15) is 12.7 Å². The number of ether oxygens (including phenoxy) is 1. The lowest BCUT2D eigenvalue weighted by Crippen LogP contribution is -2.30. The molecule has 1 aromatic carbocycles. The van der Waals surface area contributed by atoms with Crippen molar-refractivity contribution in [2.24, 2.45) is 0 Å². The van der Waals surface area contributed by atoms with Gasteiger partial charge >= 0.3 is 5.97 Å². The largest absolute Gasteiger partial charge is 0.462 e. The highest BCUT2D eigenvalue weighted by molar-refractivity contribution is 6.05. The first-order valence-corrected chi connectivity index (χ1v) is 6.02. The zero-order chi connectivity index (χ0) is 13.8. The third kappa shape index (κ3) is 2.91. The molecule has 1 aromatic rings. The van der Waals surface area contributed by atoms with Crippen LogP contribution in [0, 0.1) is 0 Å². The number of hydroxylamine groups is 2. The highest BCUT2D eigenvalue weighted by atomic mass is 16.7. The summed E-state index contributed by atoms with van der Waals surface area (Å²) in [6, 6.07) is 6.37. The van der Waals surface area contributed by atoms with Crippen molar-refractivity contribution in [2.75, 3.05) is 19.8 Å². The molecule has 1 saturated heterocycles. The summed E-state index contributed by atoms with van der Waals surface area (Å²) in [5.74, 6) is -1.01. The van der Waals surface area contributed by atoms with Crippen LogP contribution in [0.2, 0.25) is 0 Å². The van der Waals surface area contributed by atoms with Gasteiger partial charge in [0, 0.05) is 0 Å². The molecule has 1 heterocycles. The predicted molar refractivity (Wildman–Crippen MR) is 65.4 cm³/mol. The quantitative estimate of drug-likeness (QED) is 0.810. The van der Waals surface area contributed by atoms with Crippen molar-refractivity contribution >= 4 is 11.9 Å². The molecule has 19 heavy (non-hydrogen) atoms. The van der Waals surface area contributed by atoms with E-state index in [1.54, 1.807) is 19.1 Å². The number of β-amino-alcohol motifs (C(OH)–C–C–N with tert-alkyl or cyclic N) is 1. The molecule has 0 spiro atoms. The number of rotatable bonds is 3. The van der Waals surface area contributed by atoms with E-state index >= 15 is 0 Å². The van der Waals surface area contributed by atoms with E-state index in [4.69, 9.17) is 9.57 Å². The van der Waals surface area contributed by atoms with Crippen LogP contribution in [0.15, 0.2) is 24.3 Å². The Morgan fingerprint density at radius 1 is 1.42 bits per heavy atom. The topological polar surface area (TPSA) is 76.1 Å². The zero-order valence-corrected chi connectivity index (χ0v) is 10.5. The summed E-state index contributed by atoms with van der Waals surface area (Å²) in [6.45, 7) is 2.10. The summed E-state index contributed by atoms with van der Waals surface area (Å²) < 4.78 is 4.90. The number of amides is 1. The standard InChI is InChI=1S/C13H15NO5/c1-2-18-13(17)11-6-4-3-5-10(11)12(16)14-7-9(15)8-19-14/h3-6,9,15H,2,7-8H2,1H3/t9-/m1/s1. The fraction of sp³-hybridized carbons (Fsp3) is 0.385. The number of carbonyl (C=O) groups excluding carboxylic acids is 2. The summed E-state index contributed by atoms with van der Waals surface area (Å²) in [5, 5.41) is 10.4. The maximum Gasteiger partial charge on any atom is 0.338 e. The fourth-order valence-electron chi connectivity index (χ4n) is 1.81. The van der Waals surface area contributed by atoms with Gasteiger partial charge in [0.05, 0.1) is 24.3 Å². The molecule has 0 radical (unpaired) electrons. The molecule has 1 atom stereocenters. The minimum Gasteiger partial charge on any atom is -0.462 e. The van der Waals surface area contributed by atoms with E-state index in [0.29, 0.717) is 0 Å². The predicted octanol–water partition coefficient (Wildman–Crippen LogP) is 0.612. The van der Waals surface area contributed by atoms with Gasteiger partial charge in [0.2, 0.25) is 0 Å². The van der Waals surface area contributed by atoms with E-state index in [9.17, 15) is 14.7 Å². The first kappa shape index (κ1) is 13.5. The monoisotopic (exact) mass is 265 g/mol. The van der Waals surface area contributed by atoms with E-state index in [2.05, 4.69) is 0 Å². The van der Waals surface area contributed by atoms with Gasteiger partial charge in [0.15, 0.2) is 0 Å². The van der Waals surface area contributed by atoms with Crippen molar-refractivity contribution in [3.05, 3.63) is 35.4 Å². The highest BCUT2D eigenvalue weighted by Gasteiger charge is 2.29. The van der Waals surface area contributed by atoms with Crippen molar-refractivity contribution in [3.8, 4) is 0 Å². The van der Waals surface area contributed by atoms with E-state index < -0.39 is 18.0 Å². The Morgan fingerprint density at radius 2 is 2.11 bits per heavy atom. The third-order valence-electron chi connectivity index (χ3n) is 2.68. The van der Waals surface area contributed by atoms with Crippen molar-refractivity contribution in [1.82, 2.24) is 5.06 Å². The number of carbonyl (C=O) groups is 2. The first-order chi connectivity index (χ1) is 9.13. The van der Waals surface area contributed by atoms with E-state index in [1.807, 2.05) is 0 Å². The van der Waals surface area contributed by atoms with Crippen LogP contribution in [0.1, 0.15) is 27.6 Å². The Hall–Kier alpha value is -1.92. The van der Waals surface area contributed by atoms with Crippen LogP contribution in [0.5, 0.6) is 0 Å². The molecule has 1 aliphatic heterocycles. The SMILES string of the molecule is CCOC(=O)c1ccccc1C(=O)N1C[C@@H](O)CO1. The lowest BCUT2D eigenvalue weighted by Gasteiger charge is -2.15. The van der Waals surface area contributed by atoms with Crippen LogP contribution >= 0.6 is 0 Å². The molecule has 0 aromatic heterocycles. The molecule has 1 fully saturated rings. The summed E-state index contributed by atoms with van der Waals surface area (Å²) in [6.07, 6.45) is -0.696. The molecule has 1 N–H and O–H groups in total. The number of aliphatic hydroxyl groups is 1. The van der Waals surface area contributed by atoms with Crippen LogP contribution in [0.4, 0.5) is 0 Å². The second-order valence-corrected chi connectivity index (χ2v) is 4.08. The van der Waals surface area contributed by atoms with Crippen LogP contribution in [0.3, 0.4) is 0 Å². The lowest BCUT2D eigenvalue weighted by molar-refractivity contribution is -0.0780. The molecule has 0 bridgehead atoms. The Morgan fingerprint density at radius 3 is 2.68 bits per heavy atom. The average molecular weight is 265 g/mol. The first-order valence-electron chi connectivity index (χ1n) is 6.02. The van der Waals surface area contributed by atoms with Gasteiger partial charge in [-0.15, -0.1) is 0 Å². The summed E-state index contributed by atoms with van der Waals surface area (Å²) >= 11 is 0. The maximum absolute atomic E-state index is 12.2. The van der Waals surface area contributed by atoms with E-state index in [0.717, 1.165) is 5.06 Å². The van der Waals surface area contributed by atoms with Gasteiger partial charge in [-0.2, -0.15) is 0 Å². The second kappa shape index (κ2) is 5.81. The van der Waals surface area contributed by atoms with Crippen molar-refractivity contribution in [3.63, 3.8) is 0 Å². The third-order valence-corrected chi connectivity index (χ3v) is 2.68. The van der Waals surface area contributed by atoms with Crippen LogP contribution in [-0.2, 0) is 9.57 Å². The molecule has 2 rings (SSSR count). The summed E-state index contributed by atoms with van der Waals surface area (Å²) in [7, 11) is 0. The van der Waals surface area contributed by atoms with Gasteiger partial charge in [0.25, 0.3) is 5.91 Å². The molecule has 1 aliphatic rings. The summed E-state index contributed by atoms with van der Waals surface area (Å²) in [5.41, 5.74) is 0.398. The highest BCUT2D eigenvalue weighted by Crippen LogP contribution is 2.16. The molecular formula is C13H15NO5. The Bertz CT molecular complexity index is 488. The molecule has 0 unspecified atom stereocenters. The number of hydrogen-bond acceptors (Lipinski definition) is 5. The molecule has 0 aliphatic carbocycles. The maximum atomic E-state index is 12.2. The van der Waals surface area contributed by atoms with E-state index in [1.165, 1.54) is 12.1 Å². The number of benzene rings is 1. The molecule has 102 valence electrons. The second-order valence-electron chi connectivity index (χ2n) is 4.08. The number of aliphatic hydroxyl groups excluding tert-OH is 1. The molecule has 6 nitrogen and oxygen atoms in total. The number of esters is 1. The van der Waals surface area contributed by atoms with Crippen molar-refractivity contribution in [1.29, 1.82) is 0 Å². The van der Waals surface area contributed by atoms with Gasteiger partial charge in [-0.25, -0.2) is 9.86 Å². The molecule has 0 saturated carbocycles. The van der Waals surface area contributed by atoms with Crippen molar-refractivity contribution in [2.45, 2.75) is 13.0 Å². The zero-order valence-electron chi connectivity index (χ0n) is 10.5. The Balaban J connectivity index is 2.24. The summed E-state index contributed by atoms with van der Waals surface area (Å²) in [4.78, 5) is 29.0. The lowest BCUT2D eigenvalue weighted by atomic mass is 10.1. The van der Waals surface area contributed by atoms with Gasteiger partial charge in [-0.3, -0.25) is 9.63 Å². The molecule has 6 heteroatoms. The number of nitrogens with zero attached hydrogens (tertiary/aromatic N) is 1. The molecule has 1 amide bonds. The Labute approximate surface area is 110 Å². The fourth-order valence-corrected chi connectivity index (χ4v) is 1.81. The van der Waals surface area contributed by atoms with Crippen molar-refractivity contribution < 1.29 is 24.3 Å². The minimum absolute atomic E-state index is 0.0767. The van der Waals surface area contributed by atoms with Crippen LogP contribution < -0.4 is 0 Å².